The van der Waals surface area contributed by atoms with E-state index >= 15 is 0 Å². The maximum absolute atomic E-state index is 13.7. The van der Waals surface area contributed by atoms with Crippen LogP contribution in [0.1, 0.15) is 34.3 Å². The molecule has 15 heteroatoms. The highest BCUT2D eigenvalue weighted by molar-refractivity contribution is 7.80. The van der Waals surface area contributed by atoms with E-state index in [1.54, 1.807) is 4.90 Å². The first-order valence-electron chi connectivity index (χ1n) is 13.4. The highest BCUT2D eigenvalue weighted by atomic mass is 32.1. The Balaban J connectivity index is 1.37. The van der Waals surface area contributed by atoms with Crippen molar-refractivity contribution in [2.45, 2.75) is 31.0 Å². The molecule has 2 aromatic carbocycles. The smallest absolute Gasteiger partial charge is 0.320 e. The summed E-state index contributed by atoms with van der Waals surface area (Å²) in [6.07, 6.45) is 1.19. The fourth-order valence-corrected chi connectivity index (χ4v) is 5.24. The molecule has 4 rings (SSSR count). The number of nitro benzene ring substituents is 2. The van der Waals surface area contributed by atoms with Gasteiger partial charge in [-0.2, -0.15) is 0 Å². The average molecular weight is 602 g/mol. The standard InChI is InChI=1S/C27H31N5O9S/c33-23(40-16-18-2-5-21(6-3-18)31(36)37)15-29-10-1-11-30(13-12-29)26(34)24-20(4-7-22(25(24)42)32(38)39)17-41-27(35)19-8-9-28-14-19/h2-7,19,28,42H,1,8-17H2. The number of hydrogen-bond donors (Lipinski definition) is 2. The van der Waals surface area contributed by atoms with Crippen LogP contribution in [0, 0.1) is 26.1 Å². The largest absolute Gasteiger partial charge is 0.461 e. The molecule has 0 bridgehead atoms. The molecule has 0 saturated carbocycles. The van der Waals surface area contributed by atoms with Crippen LogP contribution in [-0.4, -0.2) is 83.3 Å². The van der Waals surface area contributed by atoms with E-state index in [2.05, 4.69) is 17.9 Å². The lowest BCUT2D eigenvalue weighted by Crippen LogP contribution is -2.37. The average Bonchev–Trinajstić information content (AvgIpc) is 3.41. The van der Waals surface area contributed by atoms with Gasteiger partial charge < -0.3 is 19.7 Å². The van der Waals surface area contributed by atoms with Gasteiger partial charge in [0.05, 0.1) is 32.8 Å². The van der Waals surface area contributed by atoms with Crippen molar-refractivity contribution in [2.24, 2.45) is 5.92 Å². The molecule has 1 atom stereocenters. The molecule has 2 aliphatic rings. The summed E-state index contributed by atoms with van der Waals surface area (Å²) in [7, 11) is 0. The second-order valence-corrected chi connectivity index (χ2v) is 10.5. The topological polar surface area (TPSA) is 174 Å². The Kier molecular flexibility index (Phi) is 10.4. The van der Waals surface area contributed by atoms with E-state index in [0.29, 0.717) is 56.7 Å². The molecule has 1 amide bonds. The Bertz CT molecular complexity index is 1350. The summed E-state index contributed by atoms with van der Waals surface area (Å²) in [6, 6.07) is 8.37. The van der Waals surface area contributed by atoms with Gasteiger partial charge in [-0.25, -0.2) is 0 Å². The molecule has 0 aliphatic carbocycles. The van der Waals surface area contributed by atoms with E-state index < -0.39 is 27.7 Å². The summed E-state index contributed by atoms with van der Waals surface area (Å²) in [4.78, 5) is 63.1. The van der Waals surface area contributed by atoms with Crippen LogP contribution >= 0.6 is 12.6 Å². The van der Waals surface area contributed by atoms with Crippen molar-refractivity contribution in [3.63, 3.8) is 0 Å². The summed E-state index contributed by atoms with van der Waals surface area (Å²) in [6.45, 7) is 2.42. The number of thiol groups is 1. The van der Waals surface area contributed by atoms with Crippen LogP contribution in [0.25, 0.3) is 0 Å². The van der Waals surface area contributed by atoms with Crippen molar-refractivity contribution in [3.8, 4) is 0 Å². The van der Waals surface area contributed by atoms with Crippen molar-refractivity contribution >= 4 is 41.8 Å². The molecule has 1 unspecified atom stereocenters. The number of amides is 1. The number of hydrogen-bond acceptors (Lipinski definition) is 12. The fourth-order valence-electron chi connectivity index (χ4n) is 4.85. The monoisotopic (exact) mass is 601 g/mol. The number of nitro groups is 2. The number of nitrogens with one attached hydrogen (secondary N) is 1. The molecule has 2 aliphatic heterocycles. The highest BCUT2D eigenvalue weighted by Gasteiger charge is 2.30. The van der Waals surface area contributed by atoms with Crippen molar-refractivity contribution in [1.29, 1.82) is 0 Å². The Hall–Kier alpha value is -4.08. The van der Waals surface area contributed by atoms with Crippen molar-refractivity contribution in [3.05, 3.63) is 73.3 Å². The molecule has 2 heterocycles. The van der Waals surface area contributed by atoms with Crippen LogP contribution in [0.15, 0.2) is 41.3 Å². The van der Waals surface area contributed by atoms with Crippen LogP contribution in [-0.2, 0) is 32.3 Å². The van der Waals surface area contributed by atoms with Crippen molar-refractivity contribution < 1.29 is 33.7 Å². The van der Waals surface area contributed by atoms with E-state index in [0.717, 1.165) is 0 Å². The van der Waals surface area contributed by atoms with Crippen LogP contribution in [0.5, 0.6) is 0 Å². The molecule has 2 fully saturated rings. The zero-order valence-corrected chi connectivity index (χ0v) is 23.6. The molecule has 0 spiro atoms. The highest BCUT2D eigenvalue weighted by Crippen LogP contribution is 2.31. The van der Waals surface area contributed by atoms with E-state index in [1.807, 2.05) is 4.90 Å². The Labute approximate surface area is 246 Å². The lowest BCUT2D eigenvalue weighted by atomic mass is 10.0. The number of nitrogens with zero attached hydrogens (tertiary/aromatic N) is 4. The minimum absolute atomic E-state index is 0.0130. The molecule has 2 aromatic rings. The number of carbonyl (C=O) groups excluding carboxylic acids is 3. The number of benzene rings is 2. The van der Waals surface area contributed by atoms with Gasteiger partial charge in [0.2, 0.25) is 0 Å². The maximum atomic E-state index is 13.7. The Morgan fingerprint density at radius 1 is 0.952 bits per heavy atom. The van der Waals surface area contributed by atoms with Gasteiger partial charge >= 0.3 is 11.9 Å². The molecule has 42 heavy (non-hydrogen) atoms. The van der Waals surface area contributed by atoms with Gasteiger partial charge in [-0.1, -0.05) is 0 Å². The SMILES string of the molecule is O=C(CN1CCCN(C(=O)c2c(COC(=O)C3CCNC3)ccc([N+](=O)[O-])c2S)CC1)OCc1ccc([N+](=O)[O-])cc1. The van der Waals surface area contributed by atoms with Gasteiger partial charge in [-0.3, -0.25) is 39.5 Å². The molecule has 2 saturated heterocycles. The normalized spacial score (nSPS) is 17.4. The fraction of sp³-hybridized carbons (Fsp3) is 0.444. The van der Waals surface area contributed by atoms with Gasteiger partial charge in [-0.05, 0) is 43.1 Å². The Morgan fingerprint density at radius 2 is 1.71 bits per heavy atom. The number of esters is 2. The zero-order valence-electron chi connectivity index (χ0n) is 22.7. The maximum Gasteiger partial charge on any atom is 0.320 e. The summed E-state index contributed by atoms with van der Waals surface area (Å²) in [5, 5.41) is 25.5. The second kappa shape index (κ2) is 14.2. The molecule has 0 aromatic heterocycles. The predicted molar refractivity (Wildman–Crippen MR) is 151 cm³/mol. The number of non-ortho nitro benzene ring substituents is 1. The van der Waals surface area contributed by atoms with E-state index in [4.69, 9.17) is 9.47 Å². The van der Waals surface area contributed by atoms with Crippen LogP contribution in [0.2, 0.25) is 0 Å². The van der Waals surface area contributed by atoms with Crippen molar-refractivity contribution in [2.75, 3.05) is 45.8 Å². The lowest BCUT2D eigenvalue weighted by Gasteiger charge is -2.23. The quantitative estimate of drug-likeness (QED) is 0.177. The third-order valence-electron chi connectivity index (χ3n) is 7.19. The molecule has 224 valence electrons. The predicted octanol–water partition coefficient (Wildman–Crippen LogP) is 2.34. The second-order valence-electron chi connectivity index (χ2n) is 10.0. The summed E-state index contributed by atoms with van der Waals surface area (Å²) < 4.78 is 10.8. The molecule has 1 N–H and O–H groups in total. The van der Waals surface area contributed by atoms with Crippen LogP contribution < -0.4 is 5.32 Å². The van der Waals surface area contributed by atoms with Gasteiger partial charge in [0.15, 0.2) is 0 Å². The van der Waals surface area contributed by atoms with E-state index in [1.165, 1.54) is 36.4 Å². The Morgan fingerprint density at radius 3 is 2.38 bits per heavy atom. The van der Waals surface area contributed by atoms with Gasteiger partial charge in [0.1, 0.15) is 13.2 Å². The number of ether oxygens (including phenoxy) is 2. The summed E-state index contributed by atoms with van der Waals surface area (Å²) in [5.41, 5.74) is 0.566. The minimum atomic E-state index is -0.619. The third kappa shape index (κ3) is 7.80. The number of carbonyl (C=O) groups is 3. The molecular weight excluding hydrogens is 570 g/mol. The third-order valence-corrected chi connectivity index (χ3v) is 7.65. The summed E-state index contributed by atoms with van der Waals surface area (Å²) in [5.74, 6) is -1.63. The van der Waals surface area contributed by atoms with Gasteiger partial charge in [0.25, 0.3) is 17.3 Å². The molecule has 0 radical (unpaired) electrons. The van der Waals surface area contributed by atoms with Gasteiger partial charge in [-0.15, -0.1) is 12.6 Å². The lowest BCUT2D eigenvalue weighted by molar-refractivity contribution is -0.387. The number of rotatable bonds is 10. The minimum Gasteiger partial charge on any atom is -0.461 e. The summed E-state index contributed by atoms with van der Waals surface area (Å²) >= 11 is 4.33. The molecule has 14 nitrogen and oxygen atoms in total. The van der Waals surface area contributed by atoms with E-state index in [9.17, 15) is 34.6 Å². The van der Waals surface area contributed by atoms with Gasteiger partial charge in [0, 0.05) is 56.5 Å². The van der Waals surface area contributed by atoms with Crippen LogP contribution in [0.3, 0.4) is 0 Å². The first-order valence-corrected chi connectivity index (χ1v) is 13.9. The first-order chi connectivity index (χ1) is 20.1. The van der Waals surface area contributed by atoms with E-state index in [-0.39, 0.29) is 54.1 Å². The first kappa shape index (κ1) is 30.9. The van der Waals surface area contributed by atoms with Crippen LogP contribution in [0.4, 0.5) is 11.4 Å². The van der Waals surface area contributed by atoms with Crippen molar-refractivity contribution in [1.82, 2.24) is 15.1 Å². The molecular formula is C27H31N5O9S. The zero-order chi connectivity index (χ0) is 30.2.